The fourth-order valence-electron chi connectivity index (χ4n) is 0.785. The van der Waals surface area contributed by atoms with Crippen molar-refractivity contribution in [2.45, 2.75) is 26.0 Å². The molecule has 4 nitrogen and oxygen atoms in total. The van der Waals surface area contributed by atoms with Crippen molar-refractivity contribution in [1.82, 2.24) is 9.97 Å². The average Bonchev–Trinajstić information content (AvgIpc) is 2.12. The van der Waals surface area contributed by atoms with E-state index in [1.807, 2.05) is 6.92 Å². The van der Waals surface area contributed by atoms with Gasteiger partial charge in [-0.25, -0.2) is 9.97 Å². The van der Waals surface area contributed by atoms with Gasteiger partial charge < -0.3 is 10.4 Å². The zero-order valence-corrected chi connectivity index (χ0v) is 10.2. The number of nitrogens with zero attached hydrogens (tertiary/aromatic N) is 2. The van der Waals surface area contributed by atoms with Gasteiger partial charge in [-0.3, -0.25) is 0 Å². The van der Waals surface area contributed by atoms with Crippen molar-refractivity contribution in [2.75, 3.05) is 5.32 Å². The molecule has 0 spiro atoms. The van der Waals surface area contributed by atoms with Gasteiger partial charge >= 0.3 is 0 Å². The van der Waals surface area contributed by atoms with Crippen LogP contribution in [0, 0.1) is 0 Å². The van der Waals surface area contributed by atoms with E-state index in [1.165, 1.54) is 6.33 Å². The predicted molar refractivity (Wildman–Crippen MR) is 59.5 cm³/mol. The molecule has 0 saturated carbocycles. The maximum atomic E-state index is 9.29. The lowest BCUT2D eigenvalue weighted by Crippen LogP contribution is -2.28. The molecule has 1 aromatic rings. The average molecular weight is 281 g/mol. The highest BCUT2D eigenvalue weighted by Gasteiger charge is 2.12. The maximum Gasteiger partial charge on any atom is 0.148 e. The van der Waals surface area contributed by atoms with Crippen LogP contribution in [0.1, 0.15) is 13.8 Å². The van der Waals surface area contributed by atoms with Crippen LogP contribution in [0.3, 0.4) is 0 Å². The molecule has 2 N–H and O–H groups in total. The Labute approximate surface area is 95.8 Å². The number of hydrogen-bond acceptors (Lipinski definition) is 4. The Kier molecular flexibility index (Phi) is 4.10. The monoisotopic (exact) mass is 279 g/mol. The van der Waals surface area contributed by atoms with E-state index in [1.54, 1.807) is 6.92 Å². The third-order valence-corrected chi connectivity index (χ3v) is 3.10. The van der Waals surface area contributed by atoms with E-state index < -0.39 is 6.10 Å². The van der Waals surface area contributed by atoms with E-state index in [2.05, 4.69) is 31.2 Å². The molecule has 1 aromatic heterocycles. The second-order valence-electron chi connectivity index (χ2n) is 3.00. The van der Waals surface area contributed by atoms with Crippen LogP contribution in [0.5, 0.6) is 0 Å². The van der Waals surface area contributed by atoms with E-state index in [4.69, 9.17) is 11.6 Å². The Morgan fingerprint density at radius 2 is 2.14 bits per heavy atom. The van der Waals surface area contributed by atoms with Crippen molar-refractivity contribution in [2.24, 2.45) is 0 Å². The van der Waals surface area contributed by atoms with Gasteiger partial charge in [-0.05, 0) is 29.8 Å². The summed E-state index contributed by atoms with van der Waals surface area (Å²) in [5.74, 6) is 0.582. The molecule has 0 radical (unpaired) electrons. The van der Waals surface area contributed by atoms with Gasteiger partial charge in [-0.1, -0.05) is 11.6 Å². The fraction of sp³-hybridized carbons (Fsp3) is 0.500. The lowest BCUT2D eigenvalue weighted by atomic mass is 10.2. The summed E-state index contributed by atoms with van der Waals surface area (Å²) in [5.41, 5.74) is 0. The van der Waals surface area contributed by atoms with Gasteiger partial charge in [0.05, 0.1) is 16.6 Å². The molecule has 1 heterocycles. The molecule has 0 aliphatic carbocycles. The molecule has 0 saturated heterocycles. The second kappa shape index (κ2) is 4.91. The molecular weight excluding hydrogens is 269 g/mol. The third-order valence-electron chi connectivity index (χ3n) is 1.83. The fourth-order valence-corrected chi connectivity index (χ4v) is 1.24. The van der Waals surface area contributed by atoms with Gasteiger partial charge in [0, 0.05) is 0 Å². The first-order valence-electron chi connectivity index (χ1n) is 4.13. The molecule has 78 valence electrons. The summed E-state index contributed by atoms with van der Waals surface area (Å²) in [6, 6.07) is -0.0998. The van der Waals surface area contributed by atoms with Crippen molar-refractivity contribution in [3.05, 3.63) is 16.0 Å². The van der Waals surface area contributed by atoms with Crippen molar-refractivity contribution in [3.8, 4) is 0 Å². The van der Waals surface area contributed by atoms with Crippen LogP contribution in [-0.4, -0.2) is 27.2 Å². The van der Waals surface area contributed by atoms with E-state index in [-0.39, 0.29) is 6.04 Å². The van der Waals surface area contributed by atoms with Crippen LogP contribution in [-0.2, 0) is 0 Å². The first-order chi connectivity index (χ1) is 6.52. The van der Waals surface area contributed by atoms with Gasteiger partial charge in [0.1, 0.15) is 17.3 Å². The predicted octanol–water partition coefficient (Wildman–Crippen LogP) is 2.07. The number of aliphatic hydroxyl groups is 1. The molecule has 14 heavy (non-hydrogen) atoms. The summed E-state index contributed by atoms with van der Waals surface area (Å²) in [5, 5.41) is 12.7. The van der Waals surface area contributed by atoms with Crippen molar-refractivity contribution in [1.29, 1.82) is 0 Å². The number of aliphatic hydroxyl groups excluding tert-OH is 1. The molecule has 0 aliphatic heterocycles. The van der Waals surface area contributed by atoms with Gasteiger partial charge in [0.25, 0.3) is 0 Å². The first-order valence-corrected chi connectivity index (χ1v) is 5.30. The maximum absolute atomic E-state index is 9.29. The number of hydrogen-bond donors (Lipinski definition) is 2. The highest BCUT2D eigenvalue weighted by molar-refractivity contribution is 9.10. The van der Waals surface area contributed by atoms with E-state index in [0.29, 0.717) is 15.4 Å². The molecule has 6 heteroatoms. The highest BCUT2D eigenvalue weighted by Crippen LogP contribution is 2.26. The quantitative estimate of drug-likeness (QED) is 0.832. The van der Waals surface area contributed by atoms with Crippen molar-refractivity contribution < 1.29 is 5.11 Å². The van der Waals surface area contributed by atoms with E-state index in [9.17, 15) is 5.11 Å². The number of rotatable bonds is 3. The minimum absolute atomic E-state index is 0.0998. The molecule has 2 atom stereocenters. The second-order valence-corrected chi connectivity index (χ2v) is 4.15. The van der Waals surface area contributed by atoms with Crippen LogP contribution in [0.4, 0.5) is 5.82 Å². The zero-order chi connectivity index (χ0) is 10.7. The summed E-state index contributed by atoms with van der Waals surface area (Å²) in [6.07, 6.45) is 0.903. The minimum Gasteiger partial charge on any atom is -0.391 e. The van der Waals surface area contributed by atoms with Gasteiger partial charge in [-0.2, -0.15) is 0 Å². The molecule has 0 bridgehead atoms. The van der Waals surface area contributed by atoms with Crippen LogP contribution >= 0.6 is 27.5 Å². The summed E-state index contributed by atoms with van der Waals surface area (Å²) in [7, 11) is 0. The lowest BCUT2D eigenvalue weighted by Gasteiger charge is -2.17. The Morgan fingerprint density at radius 3 is 2.71 bits per heavy atom. The number of anilines is 1. The molecule has 0 aliphatic rings. The molecule has 0 amide bonds. The topological polar surface area (TPSA) is 58.0 Å². The minimum atomic E-state index is -0.462. The van der Waals surface area contributed by atoms with Crippen LogP contribution < -0.4 is 5.32 Å². The SMILES string of the molecule is CC(O)C(C)Nc1ncnc(Cl)c1Br. The Morgan fingerprint density at radius 1 is 1.50 bits per heavy atom. The smallest absolute Gasteiger partial charge is 0.148 e. The van der Waals surface area contributed by atoms with Crippen LogP contribution in [0.25, 0.3) is 0 Å². The van der Waals surface area contributed by atoms with Crippen LogP contribution in [0.2, 0.25) is 5.15 Å². The van der Waals surface area contributed by atoms with Gasteiger partial charge in [-0.15, -0.1) is 0 Å². The third kappa shape index (κ3) is 2.80. The van der Waals surface area contributed by atoms with Crippen molar-refractivity contribution >= 4 is 33.3 Å². The zero-order valence-electron chi connectivity index (χ0n) is 7.83. The number of aromatic nitrogens is 2. The van der Waals surface area contributed by atoms with Crippen LogP contribution in [0.15, 0.2) is 10.8 Å². The standard InChI is InChI=1S/C8H11BrClN3O/c1-4(5(2)14)13-8-6(9)7(10)11-3-12-8/h3-5,14H,1-2H3,(H,11,12,13). The summed E-state index contributed by atoms with van der Waals surface area (Å²) in [6.45, 7) is 3.56. The summed E-state index contributed by atoms with van der Waals surface area (Å²) in [4.78, 5) is 7.79. The Balaban J connectivity index is 2.82. The molecular formula is C8H11BrClN3O. The van der Waals surface area contributed by atoms with Crippen molar-refractivity contribution in [3.63, 3.8) is 0 Å². The normalized spacial score (nSPS) is 14.9. The van der Waals surface area contributed by atoms with Gasteiger partial charge in [0.15, 0.2) is 0 Å². The molecule has 2 unspecified atom stereocenters. The van der Waals surface area contributed by atoms with Gasteiger partial charge in [0.2, 0.25) is 0 Å². The summed E-state index contributed by atoms with van der Waals surface area (Å²) >= 11 is 9.03. The Bertz CT molecular complexity index is 321. The lowest BCUT2D eigenvalue weighted by molar-refractivity contribution is 0.177. The molecule has 1 rings (SSSR count). The largest absolute Gasteiger partial charge is 0.391 e. The number of halogens is 2. The number of nitrogens with one attached hydrogen (secondary N) is 1. The first kappa shape index (κ1) is 11.7. The Hall–Kier alpha value is -0.390. The van der Waals surface area contributed by atoms with E-state index >= 15 is 0 Å². The molecule has 0 fully saturated rings. The molecule has 0 aromatic carbocycles. The summed E-state index contributed by atoms with van der Waals surface area (Å²) < 4.78 is 0.606. The highest BCUT2D eigenvalue weighted by atomic mass is 79.9. The van der Waals surface area contributed by atoms with E-state index in [0.717, 1.165) is 0 Å².